The van der Waals surface area contributed by atoms with Crippen LogP contribution in [0.1, 0.15) is 102 Å². The van der Waals surface area contributed by atoms with Gasteiger partial charge < -0.3 is 23.7 Å². The van der Waals surface area contributed by atoms with Gasteiger partial charge in [0.2, 0.25) is 0 Å². The number of rotatable bonds is 7. The van der Waals surface area contributed by atoms with E-state index >= 15 is 0 Å². The van der Waals surface area contributed by atoms with Crippen LogP contribution in [-0.4, -0.2) is 71.8 Å². The van der Waals surface area contributed by atoms with Gasteiger partial charge in [0.25, 0.3) is 0 Å². The van der Waals surface area contributed by atoms with E-state index in [4.69, 9.17) is 23.7 Å². The summed E-state index contributed by atoms with van der Waals surface area (Å²) in [5.41, 5.74) is -1.75. The van der Waals surface area contributed by atoms with Crippen molar-refractivity contribution < 1.29 is 38.1 Å². The van der Waals surface area contributed by atoms with Crippen molar-refractivity contribution in [3.63, 3.8) is 0 Å². The number of hydrogen-bond acceptors (Lipinski definition) is 8. The predicted octanol–water partition coefficient (Wildman–Crippen LogP) is 6.12. The van der Waals surface area contributed by atoms with Gasteiger partial charge in [0.05, 0.1) is 6.10 Å². The highest BCUT2D eigenvalue weighted by Gasteiger charge is 2.43. The van der Waals surface area contributed by atoms with Crippen molar-refractivity contribution in [1.82, 2.24) is 4.90 Å². The van der Waals surface area contributed by atoms with E-state index in [1.54, 1.807) is 48.5 Å². The maximum atomic E-state index is 13.5. The zero-order chi connectivity index (χ0) is 28.6. The minimum atomic E-state index is -1.19. The van der Waals surface area contributed by atoms with E-state index in [1.165, 1.54) is 0 Å². The fraction of sp³-hybridized carbons (Fsp3) is 0.893. The number of carbonyl (C=O) groups excluding carboxylic acids is 3. The Morgan fingerprint density at radius 2 is 1.32 bits per heavy atom. The van der Waals surface area contributed by atoms with Crippen LogP contribution in [0.4, 0.5) is 9.59 Å². The second-order valence-corrected chi connectivity index (χ2v) is 12.7. The second kappa shape index (κ2) is 14.3. The monoisotopic (exact) mass is 529 g/mol. The molecule has 37 heavy (non-hydrogen) atoms. The lowest BCUT2D eigenvalue weighted by Crippen LogP contribution is -2.54. The Kier molecular flexibility index (Phi) is 12.8. The minimum absolute atomic E-state index is 0.221. The number of carbonyl (C=O) groups is 3. The van der Waals surface area contributed by atoms with Crippen molar-refractivity contribution >= 4 is 18.2 Å². The molecule has 0 aliphatic carbocycles. The third-order valence-corrected chi connectivity index (χ3v) is 5.38. The van der Waals surface area contributed by atoms with Crippen molar-refractivity contribution in [2.75, 3.05) is 13.2 Å². The first-order valence-corrected chi connectivity index (χ1v) is 13.6. The molecule has 216 valence electrons. The molecule has 0 spiro atoms. The Morgan fingerprint density at radius 1 is 0.865 bits per heavy atom. The van der Waals surface area contributed by atoms with Crippen LogP contribution in [-0.2, 0) is 28.5 Å². The number of amides is 2. The Morgan fingerprint density at radius 3 is 1.78 bits per heavy atom. The molecule has 1 rings (SSSR count). The van der Waals surface area contributed by atoms with Gasteiger partial charge in [-0.3, -0.25) is 0 Å². The van der Waals surface area contributed by atoms with Crippen molar-refractivity contribution in [2.24, 2.45) is 11.8 Å². The molecule has 1 saturated heterocycles. The molecule has 0 aromatic rings. The Hall–Kier alpha value is -1.87. The Labute approximate surface area is 223 Å². The van der Waals surface area contributed by atoms with Crippen LogP contribution in [0, 0.1) is 11.8 Å². The molecule has 0 aromatic heterocycles. The predicted molar refractivity (Wildman–Crippen MR) is 141 cm³/mol. The van der Waals surface area contributed by atoms with E-state index in [2.05, 4.69) is 27.7 Å². The summed E-state index contributed by atoms with van der Waals surface area (Å²) in [6.45, 7) is 21.3. The van der Waals surface area contributed by atoms with Crippen molar-refractivity contribution in [2.45, 2.75) is 137 Å². The number of ether oxygens (including phenoxy) is 5. The average Bonchev–Trinajstić information content (AvgIpc) is 2.69. The summed E-state index contributed by atoms with van der Waals surface area (Å²) in [6, 6.07) is -1.19. The van der Waals surface area contributed by atoms with Crippen LogP contribution >= 0.6 is 0 Å². The van der Waals surface area contributed by atoms with Gasteiger partial charge in [-0.05, 0) is 73.1 Å². The van der Waals surface area contributed by atoms with Gasteiger partial charge >= 0.3 is 18.2 Å². The van der Waals surface area contributed by atoms with Crippen LogP contribution < -0.4 is 0 Å². The molecule has 1 fully saturated rings. The summed E-state index contributed by atoms with van der Waals surface area (Å²) >= 11 is 0. The Balaban J connectivity index is 3.30. The first-order chi connectivity index (χ1) is 16.9. The lowest BCUT2D eigenvalue weighted by molar-refractivity contribution is -0.176. The zero-order valence-corrected chi connectivity index (χ0v) is 24.9. The van der Waals surface area contributed by atoms with Gasteiger partial charge in [-0.25, -0.2) is 14.4 Å². The molecule has 1 heterocycles. The van der Waals surface area contributed by atoms with E-state index < -0.39 is 47.6 Å². The van der Waals surface area contributed by atoms with E-state index in [1.807, 2.05) is 0 Å². The van der Waals surface area contributed by atoms with Crippen LogP contribution in [0.25, 0.3) is 0 Å². The van der Waals surface area contributed by atoms with Gasteiger partial charge in [-0.2, -0.15) is 4.90 Å². The first kappa shape index (κ1) is 33.2. The maximum Gasteiger partial charge on any atom is 0.420 e. The van der Waals surface area contributed by atoms with Crippen LogP contribution in [0.5, 0.6) is 0 Å². The first-order valence-electron chi connectivity index (χ1n) is 13.6. The molecule has 0 unspecified atom stereocenters. The van der Waals surface area contributed by atoms with Crippen molar-refractivity contribution in [3.8, 4) is 0 Å². The molecule has 0 radical (unpaired) electrons. The standard InChI is InChI=1S/C28H51NO8/c1-18(2)16-33-22-15-13-12-14-21(24(30)35-20(5)23(22)34-17-19(3)4)29(25(31)36-27(6,7)8)26(32)37-28(9,10)11/h18-23H,12-17H2,1-11H3/t20-,21-,22-,23-/m0/s1. The van der Waals surface area contributed by atoms with E-state index in [0.717, 1.165) is 11.3 Å². The average molecular weight is 530 g/mol. The third kappa shape index (κ3) is 12.5. The number of cyclic esters (lactones) is 1. The lowest BCUT2D eigenvalue weighted by atomic mass is 9.98. The normalized spacial score (nSPS) is 24.0. The van der Waals surface area contributed by atoms with Crippen molar-refractivity contribution in [3.05, 3.63) is 0 Å². The van der Waals surface area contributed by atoms with Gasteiger partial charge in [0, 0.05) is 13.2 Å². The molecule has 0 bridgehead atoms. The zero-order valence-electron chi connectivity index (χ0n) is 24.9. The van der Waals surface area contributed by atoms with Crippen molar-refractivity contribution in [1.29, 1.82) is 0 Å². The fourth-order valence-corrected chi connectivity index (χ4v) is 3.82. The highest BCUT2D eigenvalue weighted by molar-refractivity contribution is 5.94. The lowest BCUT2D eigenvalue weighted by Gasteiger charge is -2.36. The largest absolute Gasteiger partial charge is 0.458 e. The Bertz CT molecular complexity index is 709. The van der Waals surface area contributed by atoms with E-state index in [0.29, 0.717) is 32.0 Å². The number of imide groups is 1. The summed E-state index contributed by atoms with van der Waals surface area (Å²) in [5, 5.41) is 0. The molecular formula is C28H51NO8. The topological polar surface area (TPSA) is 101 Å². The molecule has 9 heteroatoms. The molecule has 4 atom stereocenters. The summed E-state index contributed by atoms with van der Waals surface area (Å²) in [7, 11) is 0. The minimum Gasteiger partial charge on any atom is -0.458 e. The molecular weight excluding hydrogens is 478 g/mol. The summed E-state index contributed by atoms with van der Waals surface area (Å²) in [6.07, 6.45) is -1.08. The fourth-order valence-electron chi connectivity index (χ4n) is 3.82. The SMILES string of the molecule is CC(C)CO[C@H]1[C@H](C)OC(=O)[C@@H](N(C(=O)OC(C)(C)C)C(=O)OC(C)(C)C)CCCC[C@@H]1OCC(C)C. The van der Waals surface area contributed by atoms with Gasteiger partial charge in [-0.1, -0.05) is 40.5 Å². The van der Waals surface area contributed by atoms with Crippen LogP contribution in [0.2, 0.25) is 0 Å². The summed E-state index contributed by atoms with van der Waals surface area (Å²) in [5.74, 6) is -0.0712. The molecule has 1 aliphatic rings. The van der Waals surface area contributed by atoms with Gasteiger partial charge in [-0.15, -0.1) is 0 Å². The molecule has 0 N–H and O–H groups in total. The summed E-state index contributed by atoms with van der Waals surface area (Å²) < 4.78 is 29.2. The maximum absolute atomic E-state index is 13.5. The van der Waals surface area contributed by atoms with Crippen LogP contribution in [0.15, 0.2) is 0 Å². The molecule has 0 saturated carbocycles. The van der Waals surface area contributed by atoms with Gasteiger partial charge in [0.1, 0.15) is 29.5 Å². The highest BCUT2D eigenvalue weighted by Crippen LogP contribution is 2.26. The molecule has 0 aromatic carbocycles. The number of esters is 1. The molecule has 1 aliphatic heterocycles. The second-order valence-electron chi connectivity index (χ2n) is 12.7. The third-order valence-electron chi connectivity index (χ3n) is 5.38. The van der Waals surface area contributed by atoms with Gasteiger partial charge in [0.15, 0.2) is 0 Å². The van der Waals surface area contributed by atoms with E-state index in [-0.39, 0.29) is 18.4 Å². The highest BCUT2D eigenvalue weighted by atomic mass is 16.6. The van der Waals surface area contributed by atoms with Crippen LogP contribution in [0.3, 0.4) is 0 Å². The van der Waals surface area contributed by atoms with E-state index in [9.17, 15) is 14.4 Å². The number of nitrogens with zero attached hydrogens (tertiary/aromatic N) is 1. The smallest absolute Gasteiger partial charge is 0.420 e. The quantitative estimate of drug-likeness (QED) is 0.287. The molecule has 9 nitrogen and oxygen atoms in total. The summed E-state index contributed by atoms with van der Waals surface area (Å²) in [4.78, 5) is 40.6. The molecule has 2 amide bonds. The number of hydrogen-bond donors (Lipinski definition) is 0.